The van der Waals surface area contributed by atoms with Gasteiger partial charge in [0, 0.05) is 25.2 Å². The molecular weight excluding hydrogens is 292 g/mol. The zero-order valence-electron chi connectivity index (χ0n) is 13.4. The summed E-state index contributed by atoms with van der Waals surface area (Å²) in [7, 11) is 0. The lowest BCUT2D eigenvalue weighted by Crippen LogP contribution is -2.17. The minimum atomic E-state index is -0.379. The zero-order valence-corrected chi connectivity index (χ0v) is 13.4. The van der Waals surface area contributed by atoms with Gasteiger partial charge in [-0.1, -0.05) is 55.8 Å². The van der Waals surface area contributed by atoms with Crippen molar-refractivity contribution in [3.8, 4) is 0 Å². The Morgan fingerprint density at radius 3 is 2.22 bits per heavy atom. The molecule has 0 spiro atoms. The molecule has 2 aromatic rings. The van der Waals surface area contributed by atoms with Crippen molar-refractivity contribution in [2.24, 2.45) is 0 Å². The molecule has 5 nitrogen and oxygen atoms in total. The molecule has 2 rings (SSSR count). The predicted octanol–water partition coefficient (Wildman–Crippen LogP) is 3.32. The number of non-ortho nitro benzene ring substituents is 1. The first-order valence-electron chi connectivity index (χ1n) is 7.76. The van der Waals surface area contributed by atoms with Gasteiger partial charge in [-0.05, 0) is 17.5 Å². The van der Waals surface area contributed by atoms with Crippen LogP contribution in [-0.4, -0.2) is 23.2 Å². The highest BCUT2D eigenvalue weighted by molar-refractivity contribution is 5.32. The summed E-state index contributed by atoms with van der Waals surface area (Å²) in [6.45, 7) is 3.78. The van der Waals surface area contributed by atoms with Crippen molar-refractivity contribution < 1.29 is 10.0 Å². The number of nitrogens with zero attached hydrogens (tertiary/aromatic N) is 1. The number of nitrogens with one attached hydrogen (secondary N) is 1. The van der Waals surface area contributed by atoms with Gasteiger partial charge in [0.25, 0.3) is 5.69 Å². The molecule has 2 aromatic carbocycles. The Hall–Kier alpha value is -2.24. The second-order valence-corrected chi connectivity index (χ2v) is 5.06. The molecule has 23 heavy (non-hydrogen) atoms. The van der Waals surface area contributed by atoms with Gasteiger partial charge in [0.15, 0.2) is 0 Å². The van der Waals surface area contributed by atoms with E-state index in [0.717, 1.165) is 24.9 Å². The van der Waals surface area contributed by atoms with Crippen molar-refractivity contribution in [3.05, 3.63) is 75.8 Å². The van der Waals surface area contributed by atoms with Crippen molar-refractivity contribution in [3.63, 3.8) is 0 Å². The van der Waals surface area contributed by atoms with E-state index in [1.165, 1.54) is 5.56 Å². The molecule has 0 aromatic heterocycles. The van der Waals surface area contributed by atoms with E-state index in [0.29, 0.717) is 6.54 Å². The van der Waals surface area contributed by atoms with Crippen molar-refractivity contribution in [1.82, 2.24) is 5.32 Å². The lowest BCUT2D eigenvalue weighted by Gasteiger charge is -2.01. The Morgan fingerprint density at radius 1 is 1.04 bits per heavy atom. The van der Waals surface area contributed by atoms with Crippen LogP contribution in [0.5, 0.6) is 0 Å². The molecule has 0 aliphatic carbocycles. The number of rotatable bonds is 7. The van der Waals surface area contributed by atoms with Crippen LogP contribution in [-0.2, 0) is 13.0 Å². The van der Waals surface area contributed by atoms with E-state index in [1.807, 2.05) is 30.3 Å². The molecule has 0 aliphatic rings. The van der Waals surface area contributed by atoms with Crippen LogP contribution < -0.4 is 5.32 Å². The first kappa shape index (κ1) is 18.8. The quantitative estimate of drug-likeness (QED) is 0.467. The topological polar surface area (TPSA) is 75.4 Å². The van der Waals surface area contributed by atoms with Crippen LogP contribution in [0.1, 0.15) is 24.5 Å². The highest BCUT2D eigenvalue weighted by atomic mass is 16.6. The standard InChI is InChI=1S/C9H11NO2.C9H13NO/c1-2-3-8-4-6-9(7-5-8)10(11)12;11-7-6-10-8-9-4-2-1-3-5-9/h4-7H,2-3H2,1H3;1-5,10-11H,6-8H2. The van der Waals surface area contributed by atoms with Crippen LogP contribution >= 0.6 is 0 Å². The predicted molar refractivity (Wildman–Crippen MR) is 92.3 cm³/mol. The normalized spacial score (nSPS) is 9.83. The summed E-state index contributed by atoms with van der Waals surface area (Å²) >= 11 is 0. The van der Waals surface area contributed by atoms with E-state index in [-0.39, 0.29) is 17.2 Å². The molecular formula is C18H24N2O3. The molecule has 0 amide bonds. The summed E-state index contributed by atoms with van der Waals surface area (Å²) in [4.78, 5) is 9.90. The minimum absolute atomic E-state index is 0.162. The van der Waals surface area contributed by atoms with Crippen molar-refractivity contribution in [2.45, 2.75) is 26.3 Å². The highest BCUT2D eigenvalue weighted by Crippen LogP contribution is 2.12. The van der Waals surface area contributed by atoms with Gasteiger partial charge in [-0.2, -0.15) is 0 Å². The van der Waals surface area contributed by atoms with Crippen LogP contribution in [0.25, 0.3) is 0 Å². The fourth-order valence-electron chi connectivity index (χ4n) is 1.98. The van der Waals surface area contributed by atoms with E-state index < -0.39 is 0 Å². The molecule has 0 aliphatic heterocycles. The number of aliphatic hydroxyl groups excluding tert-OH is 1. The minimum Gasteiger partial charge on any atom is -0.395 e. The van der Waals surface area contributed by atoms with Crippen LogP contribution in [0, 0.1) is 10.1 Å². The number of nitro groups is 1. The molecule has 0 saturated carbocycles. The third kappa shape index (κ3) is 8.09. The smallest absolute Gasteiger partial charge is 0.269 e. The van der Waals surface area contributed by atoms with Crippen molar-refractivity contribution in [2.75, 3.05) is 13.2 Å². The highest BCUT2D eigenvalue weighted by Gasteiger charge is 2.02. The van der Waals surface area contributed by atoms with Gasteiger partial charge in [-0.25, -0.2) is 0 Å². The number of aryl methyl sites for hydroxylation is 1. The fourth-order valence-corrected chi connectivity index (χ4v) is 1.98. The summed E-state index contributed by atoms with van der Waals surface area (Å²) in [5.41, 5.74) is 2.57. The van der Waals surface area contributed by atoms with E-state index in [2.05, 4.69) is 24.4 Å². The SMILES string of the molecule is CCCc1ccc([N+](=O)[O-])cc1.OCCNCc1ccccc1. The van der Waals surface area contributed by atoms with Crippen LogP contribution in [0.3, 0.4) is 0 Å². The lowest BCUT2D eigenvalue weighted by atomic mass is 10.1. The number of aliphatic hydroxyl groups is 1. The fraction of sp³-hybridized carbons (Fsp3) is 0.333. The van der Waals surface area contributed by atoms with E-state index in [9.17, 15) is 10.1 Å². The molecule has 0 fully saturated rings. The van der Waals surface area contributed by atoms with Crippen LogP contribution in [0.15, 0.2) is 54.6 Å². The van der Waals surface area contributed by atoms with Gasteiger partial charge in [-0.3, -0.25) is 10.1 Å². The van der Waals surface area contributed by atoms with Gasteiger partial charge >= 0.3 is 0 Å². The molecule has 0 bridgehead atoms. The monoisotopic (exact) mass is 316 g/mol. The Balaban J connectivity index is 0.000000231. The number of nitro benzene ring substituents is 1. The Kier molecular flexibility index (Phi) is 9.28. The summed E-state index contributed by atoms with van der Waals surface area (Å²) in [5.74, 6) is 0. The van der Waals surface area contributed by atoms with Gasteiger partial charge in [0.2, 0.25) is 0 Å². The molecule has 5 heteroatoms. The maximum absolute atomic E-state index is 10.3. The first-order valence-corrected chi connectivity index (χ1v) is 7.76. The molecule has 0 saturated heterocycles. The Morgan fingerprint density at radius 2 is 1.70 bits per heavy atom. The maximum Gasteiger partial charge on any atom is 0.269 e. The largest absolute Gasteiger partial charge is 0.395 e. The summed E-state index contributed by atoms with van der Waals surface area (Å²) in [6.07, 6.45) is 2.05. The third-order valence-electron chi connectivity index (χ3n) is 3.15. The maximum atomic E-state index is 10.3. The molecule has 124 valence electrons. The second-order valence-electron chi connectivity index (χ2n) is 5.06. The Bertz CT molecular complexity index is 556. The summed E-state index contributed by atoms with van der Waals surface area (Å²) in [5, 5.41) is 21.9. The third-order valence-corrected chi connectivity index (χ3v) is 3.15. The number of hydrogen-bond donors (Lipinski definition) is 2. The van der Waals surface area contributed by atoms with Gasteiger partial charge in [0.05, 0.1) is 11.5 Å². The molecule has 0 heterocycles. The van der Waals surface area contributed by atoms with Gasteiger partial charge in [0.1, 0.15) is 0 Å². The number of hydrogen-bond acceptors (Lipinski definition) is 4. The van der Waals surface area contributed by atoms with Crippen molar-refractivity contribution in [1.29, 1.82) is 0 Å². The van der Waals surface area contributed by atoms with E-state index >= 15 is 0 Å². The molecule has 0 atom stereocenters. The van der Waals surface area contributed by atoms with Gasteiger partial charge < -0.3 is 10.4 Å². The summed E-state index contributed by atoms with van der Waals surface area (Å²) < 4.78 is 0. The van der Waals surface area contributed by atoms with Crippen LogP contribution in [0.2, 0.25) is 0 Å². The Labute approximate surface area is 137 Å². The van der Waals surface area contributed by atoms with Crippen molar-refractivity contribution >= 4 is 5.69 Å². The average Bonchev–Trinajstić information content (AvgIpc) is 2.57. The summed E-state index contributed by atoms with van der Waals surface area (Å²) in [6, 6.07) is 16.8. The molecule has 2 N–H and O–H groups in total. The van der Waals surface area contributed by atoms with E-state index in [4.69, 9.17) is 5.11 Å². The first-order chi connectivity index (χ1) is 11.2. The van der Waals surface area contributed by atoms with E-state index in [1.54, 1.807) is 12.1 Å². The molecule has 0 radical (unpaired) electrons. The average molecular weight is 316 g/mol. The lowest BCUT2D eigenvalue weighted by molar-refractivity contribution is -0.384. The van der Waals surface area contributed by atoms with Crippen LogP contribution in [0.4, 0.5) is 5.69 Å². The second kappa shape index (κ2) is 11.3. The zero-order chi connectivity index (χ0) is 16.9. The number of benzene rings is 2. The van der Waals surface area contributed by atoms with Gasteiger partial charge in [-0.15, -0.1) is 0 Å². The molecule has 0 unspecified atom stereocenters.